The van der Waals surface area contributed by atoms with Crippen LogP contribution in [0.15, 0.2) is 11.8 Å². The van der Waals surface area contributed by atoms with Gasteiger partial charge in [-0.05, 0) is 31.6 Å². The Balaban J connectivity index is 1.95. The third-order valence-corrected chi connectivity index (χ3v) is 5.31. The van der Waals surface area contributed by atoms with E-state index in [2.05, 4.69) is 11.4 Å². The summed E-state index contributed by atoms with van der Waals surface area (Å²) in [5, 5.41) is 12.7. The van der Waals surface area contributed by atoms with Crippen molar-refractivity contribution in [3.8, 4) is 6.07 Å². The van der Waals surface area contributed by atoms with Crippen LogP contribution in [0.1, 0.15) is 57.8 Å². The molecule has 2 heteroatoms. The largest absolute Gasteiger partial charge is 0.384 e. The highest BCUT2D eigenvalue weighted by molar-refractivity contribution is 5.28. The number of hydrogen-bond donors (Lipinski definition) is 1. The van der Waals surface area contributed by atoms with Crippen molar-refractivity contribution in [1.29, 1.82) is 5.26 Å². The lowest BCUT2D eigenvalue weighted by molar-refractivity contribution is 0.128. The summed E-state index contributed by atoms with van der Waals surface area (Å²) in [6.45, 7) is 0. The molecule has 0 aromatic rings. The van der Waals surface area contributed by atoms with Crippen LogP contribution in [0.2, 0.25) is 0 Å². The third-order valence-electron chi connectivity index (χ3n) is 5.31. The average molecular weight is 230 g/mol. The average Bonchev–Trinajstić information content (AvgIpc) is 2.66. The van der Waals surface area contributed by atoms with Crippen molar-refractivity contribution in [2.24, 2.45) is 11.3 Å². The second-order valence-electron chi connectivity index (χ2n) is 6.05. The van der Waals surface area contributed by atoms with E-state index in [4.69, 9.17) is 5.26 Å². The first-order chi connectivity index (χ1) is 8.37. The quantitative estimate of drug-likeness (QED) is 0.646. The lowest BCUT2D eigenvalue weighted by Gasteiger charge is -2.41. The Morgan fingerprint density at radius 3 is 2.65 bits per heavy atom. The molecule has 3 rings (SSSR count). The van der Waals surface area contributed by atoms with E-state index in [1.807, 2.05) is 6.08 Å². The molecule has 2 unspecified atom stereocenters. The summed E-state index contributed by atoms with van der Waals surface area (Å²) in [5.41, 5.74) is 1.65. The maximum Gasteiger partial charge on any atom is 0.0930 e. The zero-order chi connectivity index (χ0) is 11.7. The van der Waals surface area contributed by atoms with Gasteiger partial charge >= 0.3 is 0 Å². The van der Waals surface area contributed by atoms with Crippen molar-refractivity contribution in [1.82, 2.24) is 5.32 Å². The Labute approximate surface area is 104 Å². The van der Waals surface area contributed by atoms with Gasteiger partial charge in [-0.2, -0.15) is 5.26 Å². The van der Waals surface area contributed by atoms with E-state index in [0.717, 1.165) is 5.92 Å². The van der Waals surface area contributed by atoms with Crippen LogP contribution >= 0.6 is 0 Å². The summed E-state index contributed by atoms with van der Waals surface area (Å²) in [4.78, 5) is 0. The molecular weight excluding hydrogens is 208 g/mol. The van der Waals surface area contributed by atoms with Gasteiger partial charge < -0.3 is 5.32 Å². The van der Waals surface area contributed by atoms with E-state index in [-0.39, 0.29) is 0 Å². The molecule has 92 valence electrons. The maximum absolute atomic E-state index is 9.01. The predicted octanol–water partition coefficient (Wildman–Crippen LogP) is 3.51. The minimum Gasteiger partial charge on any atom is -0.384 e. The van der Waals surface area contributed by atoms with Crippen molar-refractivity contribution in [2.75, 3.05) is 0 Å². The van der Waals surface area contributed by atoms with Gasteiger partial charge in [-0.1, -0.05) is 32.1 Å². The second kappa shape index (κ2) is 4.37. The van der Waals surface area contributed by atoms with Crippen LogP contribution in [-0.2, 0) is 0 Å². The van der Waals surface area contributed by atoms with Crippen molar-refractivity contribution >= 4 is 0 Å². The van der Waals surface area contributed by atoms with E-state index >= 15 is 0 Å². The molecule has 0 amide bonds. The van der Waals surface area contributed by atoms with E-state index in [0.29, 0.717) is 11.5 Å². The number of hydrogen-bond acceptors (Lipinski definition) is 2. The summed E-state index contributed by atoms with van der Waals surface area (Å²) < 4.78 is 0. The van der Waals surface area contributed by atoms with Gasteiger partial charge in [0.2, 0.25) is 0 Å². The van der Waals surface area contributed by atoms with Gasteiger partial charge in [0.25, 0.3) is 0 Å². The molecule has 2 atom stereocenters. The van der Waals surface area contributed by atoms with E-state index in [1.165, 1.54) is 63.5 Å². The topological polar surface area (TPSA) is 35.8 Å². The zero-order valence-electron chi connectivity index (χ0n) is 10.5. The van der Waals surface area contributed by atoms with E-state index in [9.17, 15) is 0 Å². The number of nitrogens with zero attached hydrogens (tertiary/aromatic N) is 1. The third kappa shape index (κ3) is 1.68. The Kier molecular flexibility index (Phi) is 2.86. The number of allylic oxidation sites excluding steroid dienone is 2. The predicted molar refractivity (Wildman–Crippen MR) is 68.1 cm³/mol. The first-order valence-corrected chi connectivity index (χ1v) is 7.24. The Bertz CT molecular complexity index is 358. The highest BCUT2D eigenvalue weighted by atomic mass is 15.0. The number of nitrogens with one attached hydrogen (secondary N) is 1. The molecule has 17 heavy (non-hydrogen) atoms. The van der Waals surface area contributed by atoms with Crippen LogP contribution in [0.25, 0.3) is 0 Å². The molecular formula is C15H22N2. The molecule has 0 aromatic carbocycles. The molecule has 1 spiro atoms. The Hall–Kier alpha value is -0.970. The monoisotopic (exact) mass is 230 g/mol. The number of rotatable bonds is 0. The lowest BCUT2D eigenvalue weighted by atomic mass is 9.61. The van der Waals surface area contributed by atoms with Crippen molar-refractivity contribution in [3.05, 3.63) is 11.8 Å². The van der Waals surface area contributed by atoms with E-state index in [1.54, 1.807) is 0 Å². The molecule has 1 heterocycles. The van der Waals surface area contributed by atoms with Gasteiger partial charge in [0.15, 0.2) is 0 Å². The van der Waals surface area contributed by atoms with Gasteiger partial charge in [0.1, 0.15) is 0 Å². The summed E-state index contributed by atoms with van der Waals surface area (Å²) in [6.07, 6.45) is 14.0. The maximum atomic E-state index is 9.01. The molecule has 0 bridgehead atoms. The number of fused-ring (bicyclic) bond motifs is 2. The lowest BCUT2D eigenvalue weighted by Crippen LogP contribution is -2.35. The first kappa shape index (κ1) is 11.1. The molecule has 0 radical (unpaired) electrons. The normalized spacial score (nSPS) is 37.5. The van der Waals surface area contributed by atoms with Crippen molar-refractivity contribution in [3.63, 3.8) is 0 Å². The van der Waals surface area contributed by atoms with Crippen LogP contribution in [0.5, 0.6) is 0 Å². The van der Waals surface area contributed by atoms with Crippen molar-refractivity contribution in [2.45, 2.75) is 63.8 Å². The Morgan fingerprint density at radius 2 is 1.88 bits per heavy atom. The molecule has 2 aliphatic carbocycles. The molecule has 2 nitrogen and oxygen atoms in total. The van der Waals surface area contributed by atoms with Crippen molar-refractivity contribution < 1.29 is 0 Å². The fraction of sp³-hybridized carbons (Fsp3) is 0.800. The fourth-order valence-electron chi connectivity index (χ4n) is 4.58. The molecule has 3 fully saturated rings. The summed E-state index contributed by atoms with van der Waals surface area (Å²) in [7, 11) is 0. The first-order valence-electron chi connectivity index (χ1n) is 7.24. The van der Waals surface area contributed by atoms with E-state index < -0.39 is 0 Å². The summed E-state index contributed by atoms with van der Waals surface area (Å²) >= 11 is 0. The van der Waals surface area contributed by atoms with Crippen LogP contribution in [0, 0.1) is 22.7 Å². The zero-order valence-corrected chi connectivity index (χ0v) is 10.5. The Morgan fingerprint density at radius 1 is 1.12 bits per heavy atom. The molecule has 1 aliphatic heterocycles. The van der Waals surface area contributed by atoms with Gasteiger partial charge in [-0.25, -0.2) is 0 Å². The molecule has 1 saturated heterocycles. The fourth-order valence-corrected chi connectivity index (χ4v) is 4.58. The van der Waals surface area contributed by atoms with Crippen LogP contribution < -0.4 is 5.32 Å². The highest BCUT2D eigenvalue weighted by Gasteiger charge is 2.52. The SMILES string of the molecule is N#C/C=C1\NC2CCCCC2C12CCCCC2. The van der Waals surface area contributed by atoms with Crippen LogP contribution in [0.4, 0.5) is 0 Å². The standard InChI is InChI=1S/C15H22N2/c16-11-8-14-15(9-4-1-5-10-15)12-6-2-3-7-13(12)17-14/h8,12-13,17H,1-7,9-10H2/b14-8-. The smallest absolute Gasteiger partial charge is 0.0930 e. The minimum absolute atomic E-state index is 0.360. The van der Waals surface area contributed by atoms with Gasteiger partial charge in [-0.3, -0.25) is 0 Å². The number of nitriles is 1. The van der Waals surface area contributed by atoms with Gasteiger partial charge in [0, 0.05) is 23.2 Å². The molecule has 3 aliphatic rings. The molecule has 0 aromatic heterocycles. The van der Waals surface area contributed by atoms with Crippen LogP contribution in [-0.4, -0.2) is 6.04 Å². The molecule has 2 saturated carbocycles. The minimum atomic E-state index is 0.360. The van der Waals surface area contributed by atoms with Gasteiger partial charge in [-0.15, -0.1) is 0 Å². The summed E-state index contributed by atoms with van der Waals surface area (Å²) in [6, 6.07) is 2.93. The van der Waals surface area contributed by atoms with Crippen LogP contribution in [0.3, 0.4) is 0 Å². The van der Waals surface area contributed by atoms with Gasteiger partial charge in [0.05, 0.1) is 6.07 Å². The highest BCUT2D eigenvalue weighted by Crippen LogP contribution is 2.56. The summed E-state index contributed by atoms with van der Waals surface area (Å²) in [5.74, 6) is 0.816. The second-order valence-corrected chi connectivity index (χ2v) is 6.05. The molecule has 1 N–H and O–H groups in total.